The molecule has 3 rings (SSSR count). The van der Waals surface area contributed by atoms with Gasteiger partial charge in [-0.3, -0.25) is 0 Å². The minimum absolute atomic E-state index is 0.0627. The van der Waals surface area contributed by atoms with Crippen LogP contribution in [-0.2, 0) is 6.42 Å². The Balaban J connectivity index is 2.16. The Kier molecular flexibility index (Phi) is 4.67. The van der Waals surface area contributed by atoms with Crippen LogP contribution in [0.3, 0.4) is 0 Å². The van der Waals surface area contributed by atoms with Crippen LogP contribution in [0.1, 0.15) is 30.5 Å². The Hall–Kier alpha value is -2.20. The van der Waals surface area contributed by atoms with E-state index in [1.54, 1.807) is 14.2 Å². The molecule has 0 amide bonds. The van der Waals surface area contributed by atoms with Gasteiger partial charge in [0.15, 0.2) is 11.5 Å². The molecule has 2 aromatic carbocycles. The first kappa shape index (κ1) is 16.7. The van der Waals surface area contributed by atoms with Crippen molar-refractivity contribution in [1.82, 2.24) is 0 Å². The maximum Gasteiger partial charge on any atom is 0.168 e. The number of fused-ring (bicyclic) bond motifs is 1. The van der Waals surface area contributed by atoms with Crippen LogP contribution in [0.5, 0.6) is 11.5 Å². The van der Waals surface area contributed by atoms with Crippen molar-refractivity contribution in [2.75, 3.05) is 32.7 Å². The van der Waals surface area contributed by atoms with Crippen molar-refractivity contribution in [3.8, 4) is 22.6 Å². The van der Waals surface area contributed by atoms with Crippen molar-refractivity contribution in [2.24, 2.45) is 5.73 Å². The van der Waals surface area contributed by atoms with Gasteiger partial charge in [-0.05, 0) is 60.7 Å². The molecular weight excluding hydrogens is 300 g/mol. The highest BCUT2D eigenvalue weighted by atomic mass is 16.5. The smallest absolute Gasteiger partial charge is 0.168 e. The normalized spacial score (nSPS) is 15.0. The number of nitrogens with two attached hydrogens (primary N) is 1. The van der Waals surface area contributed by atoms with Crippen LogP contribution >= 0.6 is 0 Å². The SMILES string of the molecule is COc1cc(C(C)N)cc(-c2ccc3c(c2)CCCN3C)c1OC. The molecule has 1 aliphatic rings. The molecule has 0 bridgehead atoms. The summed E-state index contributed by atoms with van der Waals surface area (Å²) in [6.07, 6.45) is 2.30. The summed E-state index contributed by atoms with van der Waals surface area (Å²) >= 11 is 0. The fourth-order valence-corrected chi connectivity index (χ4v) is 3.42. The summed E-state index contributed by atoms with van der Waals surface area (Å²) in [4.78, 5) is 2.32. The molecule has 0 saturated heterocycles. The minimum Gasteiger partial charge on any atom is -0.493 e. The average molecular weight is 326 g/mol. The van der Waals surface area contributed by atoms with Gasteiger partial charge >= 0.3 is 0 Å². The summed E-state index contributed by atoms with van der Waals surface area (Å²) in [6, 6.07) is 10.6. The average Bonchev–Trinajstić information content (AvgIpc) is 2.60. The molecule has 24 heavy (non-hydrogen) atoms. The molecular formula is C20H26N2O2. The molecule has 1 aliphatic heterocycles. The summed E-state index contributed by atoms with van der Waals surface area (Å²) in [5, 5.41) is 0. The van der Waals surface area contributed by atoms with Gasteiger partial charge in [-0.25, -0.2) is 0 Å². The maximum atomic E-state index is 6.10. The highest BCUT2D eigenvalue weighted by molar-refractivity contribution is 5.77. The number of anilines is 1. The number of hydrogen-bond acceptors (Lipinski definition) is 4. The third-order valence-electron chi connectivity index (χ3n) is 4.77. The second-order valence-electron chi connectivity index (χ2n) is 6.46. The highest BCUT2D eigenvalue weighted by Gasteiger charge is 2.19. The fraction of sp³-hybridized carbons (Fsp3) is 0.400. The lowest BCUT2D eigenvalue weighted by Crippen LogP contribution is -2.24. The van der Waals surface area contributed by atoms with E-state index in [1.165, 1.54) is 17.7 Å². The van der Waals surface area contributed by atoms with Crippen LogP contribution in [0.2, 0.25) is 0 Å². The van der Waals surface area contributed by atoms with Gasteiger partial charge in [0.1, 0.15) is 0 Å². The van der Waals surface area contributed by atoms with E-state index in [9.17, 15) is 0 Å². The van der Waals surface area contributed by atoms with Gasteiger partial charge < -0.3 is 20.1 Å². The summed E-state index contributed by atoms with van der Waals surface area (Å²) in [5.41, 5.74) is 12.0. The number of aryl methyl sites for hydroxylation is 1. The Morgan fingerprint density at radius 1 is 1.12 bits per heavy atom. The first-order valence-electron chi connectivity index (χ1n) is 8.41. The van der Waals surface area contributed by atoms with Crippen molar-refractivity contribution in [3.63, 3.8) is 0 Å². The van der Waals surface area contributed by atoms with E-state index in [0.717, 1.165) is 41.2 Å². The van der Waals surface area contributed by atoms with Gasteiger partial charge in [0.2, 0.25) is 0 Å². The maximum absolute atomic E-state index is 6.10. The van der Waals surface area contributed by atoms with Crippen LogP contribution in [0.15, 0.2) is 30.3 Å². The molecule has 0 spiro atoms. The zero-order valence-electron chi connectivity index (χ0n) is 14.9. The first-order chi connectivity index (χ1) is 11.5. The molecule has 1 unspecified atom stereocenters. The van der Waals surface area contributed by atoms with E-state index in [2.05, 4.69) is 36.2 Å². The van der Waals surface area contributed by atoms with Crippen molar-refractivity contribution >= 4 is 5.69 Å². The Morgan fingerprint density at radius 2 is 1.92 bits per heavy atom. The highest BCUT2D eigenvalue weighted by Crippen LogP contribution is 2.41. The van der Waals surface area contributed by atoms with Gasteiger partial charge in [-0.15, -0.1) is 0 Å². The van der Waals surface area contributed by atoms with Crippen LogP contribution in [0.25, 0.3) is 11.1 Å². The lowest BCUT2D eigenvalue weighted by Gasteiger charge is -2.28. The van der Waals surface area contributed by atoms with Crippen molar-refractivity contribution < 1.29 is 9.47 Å². The van der Waals surface area contributed by atoms with Crippen molar-refractivity contribution in [2.45, 2.75) is 25.8 Å². The quantitative estimate of drug-likeness (QED) is 0.929. The zero-order valence-corrected chi connectivity index (χ0v) is 14.9. The molecule has 4 heteroatoms. The molecule has 0 radical (unpaired) electrons. The van der Waals surface area contributed by atoms with Gasteiger partial charge in [0, 0.05) is 30.9 Å². The lowest BCUT2D eigenvalue weighted by molar-refractivity contribution is 0.355. The van der Waals surface area contributed by atoms with Gasteiger partial charge in [0.25, 0.3) is 0 Å². The topological polar surface area (TPSA) is 47.7 Å². The molecule has 0 aliphatic carbocycles. The van der Waals surface area contributed by atoms with Crippen LogP contribution in [-0.4, -0.2) is 27.8 Å². The second-order valence-corrected chi connectivity index (χ2v) is 6.46. The standard InChI is InChI=1S/C20H26N2O2/c1-13(21)16-11-17(20(24-4)19(12-16)23-3)14-7-8-18-15(10-14)6-5-9-22(18)2/h7-8,10-13H,5-6,9,21H2,1-4H3. The summed E-state index contributed by atoms with van der Waals surface area (Å²) in [7, 11) is 5.49. The molecule has 1 heterocycles. The van der Waals surface area contributed by atoms with Crippen LogP contribution in [0, 0.1) is 0 Å². The van der Waals surface area contributed by atoms with E-state index >= 15 is 0 Å². The summed E-state index contributed by atoms with van der Waals surface area (Å²) < 4.78 is 11.2. The minimum atomic E-state index is -0.0627. The summed E-state index contributed by atoms with van der Waals surface area (Å²) in [6.45, 7) is 3.09. The number of hydrogen-bond donors (Lipinski definition) is 1. The first-order valence-corrected chi connectivity index (χ1v) is 8.41. The van der Waals surface area contributed by atoms with E-state index in [-0.39, 0.29) is 6.04 Å². The molecule has 1 atom stereocenters. The molecule has 2 aromatic rings. The number of benzene rings is 2. The number of nitrogens with zero attached hydrogens (tertiary/aromatic N) is 1. The monoisotopic (exact) mass is 326 g/mol. The van der Waals surface area contributed by atoms with Crippen LogP contribution < -0.4 is 20.1 Å². The van der Waals surface area contributed by atoms with Crippen molar-refractivity contribution in [1.29, 1.82) is 0 Å². The Bertz CT molecular complexity index is 741. The molecule has 0 aromatic heterocycles. The van der Waals surface area contributed by atoms with Gasteiger partial charge in [-0.1, -0.05) is 6.07 Å². The third-order valence-corrected chi connectivity index (χ3v) is 4.77. The second kappa shape index (κ2) is 6.73. The van der Waals surface area contributed by atoms with E-state index < -0.39 is 0 Å². The number of ether oxygens (including phenoxy) is 2. The molecule has 4 nitrogen and oxygen atoms in total. The van der Waals surface area contributed by atoms with E-state index in [0.29, 0.717) is 0 Å². The largest absolute Gasteiger partial charge is 0.493 e. The van der Waals surface area contributed by atoms with E-state index in [4.69, 9.17) is 15.2 Å². The summed E-state index contributed by atoms with van der Waals surface area (Å²) in [5.74, 6) is 1.48. The Labute approximate surface area is 144 Å². The number of methoxy groups -OCH3 is 2. The molecule has 0 fully saturated rings. The molecule has 0 saturated carbocycles. The molecule has 128 valence electrons. The predicted octanol–water partition coefficient (Wildman–Crippen LogP) is 3.77. The van der Waals surface area contributed by atoms with E-state index in [1.807, 2.05) is 13.0 Å². The molecule has 2 N–H and O–H groups in total. The zero-order chi connectivity index (χ0) is 17.3. The Morgan fingerprint density at radius 3 is 2.58 bits per heavy atom. The van der Waals surface area contributed by atoms with Gasteiger partial charge in [0.05, 0.1) is 14.2 Å². The van der Waals surface area contributed by atoms with Crippen molar-refractivity contribution in [3.05, 3.63) is 41.5 Å². The lowest BCUT2D eigenvalue weighted by atomic mass is 9.94. The van der Waals surface area contributed by atoms with Crippen LogP contribution in [0.4, 0.5) is 5.69 Å². The number of rotatable bonds is 4. The van der Waals surface area contributed by atoms with Gasteiger partial charge in [-0.2, -0.15) is 0 Å². The predicted molar refractivity (Wildman–Crippen MR) is 99.2 cm³/mol. The fourth-order valence-electron chi connectivity index (χ4n) is 3.42. The third kappa shape index (κ3) is 2.94.